The van der Waals surface area contributed by atoms with Crippen LogP contribution in [0.1, 0.15) is 18.4 Å². The van der Waals surface area contributed by atoms with Gasteiger partial charge in [-0.05, 0) is 43.5 Å². The molecule has 6 nitrogen and oxygen atoms in total. The number of benzene rings is 1. The molecule has 1 aliphatic rings. The van der Waals surface area contributed by atoms with Gasteiger partial charge in [0.25, 0.3) is 5.91 Å². The first-order valence-electron chi connectivity index (χ1n) is 8.23. The number of anilines is 1. The number of nitrogens with zero attached hydrogens (tertiary/aromatic N) is 3. The molecule has 0 aliphatic carbocycles. The van der Waals surface area contributed by atoms with E-state index in [9.17, 15) is 4.79 Å². The van der Waals surface area contributed by atoms with Crippen molar-refractivity contribution in [2.24, 2.45) is 0 Å². The highest BCUT2D eigenvalue weighted by Crippen LogP contribution is 2.18. The fraction of sp³-hybridized carbons (Fsp3) is 0.389. The van der Waals surface area contributed by atoms with Crippen molar-refractivity contribution in [1.82, 2.24) is 15.1 Å². The second kappa shape index (κ2) is 7.77. The quantitative estimate of drug-likeness (QED) is 0.913. The smallest absolute Gasteiger partial charge is 0.260 e. The zero-order valence-corrected chi connectivity index (χ0v) is 13.8. The van der Waals surface area contributed by atoms with E-state index in [1.54, 1.807) is 6.20 Å². The summed E-state index contributed by atoms with van der Waals surface area (Å²) < 4.78 is 5.65. The number of hydrogen-bond acceptors (Lipinski definition) is 5. The van der Waals surface area contributed by atoms with Gasteiger partial charge >= 0.3 is 0 Å². The van der Waals surface area contributed by atoms with Gasteiger partial charge in [0.1, 0.15) is 11.6 Å². The summed E-state index contributed by atoms with van der Waals surface area (Å²) in [7, 11) is 0. The molecule has 1 amide bonds. The van der Waals surface area contributed by atoms with Gasteiger partial charge in [0, 0.05) is 25.3 Å². The lowest BCUT2D eigenvalue weighted by Crippen LogP contribution is -2.44. The lowest BCUT2D eigenvalue weighted by Gasteiger charge is -2.32. The summed E-state index contributed by atoms with van der Waals surface area (Å²) in [5.41, 5.74) is 1.04. The van der Waals surface area contributed by atoms with Gasteiger partial charge in [-0.15, -0.1) is 5.10 Å². The average molecular weight is 326 g/mol. The van der Waals surface area contributed by atoms with Gasteiger partial charge in [0.2, 0.25) is 0 Å². The van der Waals surface area contributed by atoms with E-state index in [2.05, 4.69) is 15.5 Å². The summed E-state index contributed by atoms with van der Waals surface area (Å²) in [6, 6.07) is 11.8. The van der Waals surface area contributed by atoms with Gasteiger partial charge in [0.05, 0.1) is 0 Å². The molecule has 1 aromatic carbocycles. The van der Waals surface area contributed by atoms with Crippen molar-refractivity contribution in [2.45, 2.75) is 25.8 Å². The van der Waals surface area contributed by atoms with E-state index in [4.69, 9.17) is 4.74 Å². The minimum Gasteiger partial charge on any atom is -0.484 e. The molecule has 3 rings (SSSR count). The number of piperidine rings is 1. The number of carbonyl (C=O) groups is 1. The maximum absolute atomic E-state index is 12.3. The Labute approximate surface area is 141 Å². The molecule has 0 unspecified atom stereocenters. The largest absolute Gasteiger partial charge is 0.484 e. The third-order valence-electron chi connectivity index (χ3n) is 4.22. The summed E-state index contributed by atoms with van der Waals surface area (Å²) in [5, 5.41) is 11.3. The maximum Gasteiger partial charge on any atom is 0.260 e. The first kappa shape index (κ1) is 16.2. The number of aromatic nitrogens is 2. The second-order valence-electron chi connectivity index (χ2n) is 5.96. The van der Waals surface area contributed by atoms with E-state index in [-0.39, 0.29) is 12.5 Å². The Kier molecular flexibility index (Phi) is 5.25. The van der Waals surface area contributed by atoms with E-state index >= 15 is 0 Å². The topological polar surface area (TPSA) is 67.3 Å². The number of rotatable bonds is 5. The molecule has 1 aliphatic heterocycles. The van der Waals surface area contributed by atoms with Crippen LogP contribution in [-0.4, -0.2) is 46.7 Å². The summed E-state index contributed by atoms with van der Waals surface area (Å²) in [6.07, 6.45) is 3.44. The highest BCUT2D eigenvalue weighted by molar-refractivity contribution is 5.78. The molecule has 1 aromatic heterocycles. The number of nitrogens with one attached hydrogen (secondary N) is 1. The fourth-order valence-corrected chi connectivity index (χ4v) is 2.81. The van der Waals surface area contributed by atoms with E-state index in [0.29, 0.717) is 6.04 Å². The summed E-state index contributed by atoms with van der Waals surface area (Å²) >= 11 is 0. The van der Waals surface area contributed by atoms with Crippen LogP contribution < -0.4 is 10.1 Å². The monoisotopic (exact) mass is 326 g/mol. The third kappa shape index (κ3) is 4.22. The van der Waals surface area contributed by atoms with Crippen molar-refractivity contribution in [3.63, 3.8) is 0 Å². The lowest BCUT2D eigenvalue weighted by atomic mass is 10.1. The molecule has 126 valence electrons. The lowest BCUT2D eigenvalue weighted by molar-refractivity contribution is -0.134. The Balaban J connectivity index is 1.44. The van der Waals surface area contributed by atoms with Crippen molar-refractivity contribution >= 4 is 11.7 Å². The Bertz CT molecular complexity index is 670. The van der Waals surface area contributed by atoms with Crippen LogP contribution in [0.15, 0.2) is 42.6 Å². The van der Waals surface area contributed by atoms with E-state index in [1.165, 1.54) is 0 Å². The first-order chi connectivity index (χ1) is 11.7. The average Bonchev–Trinajstić information content (AvgIpc) is 2.62. The molecule has 1 N–H and O–H groups in total. The van der Waals surface area contributed by atoms with Crippen molar-refractivity contribution in [3.8, 4) is 5.75 Å². The van der Waals surface area contributed by atoms with Crippen LogP contribution in [0.2, 0.25) is 0 Å². The summed E-state index contributed by atoms with van der Waals surface area (Å²) in [5.74, 6) is 1.59. The number of aryl methyl sites for hydroxylation is 1. The molecule has 24 heavy (non-hydrogen) atoms. The number of likely N-dealkylation sites (tertiary alicyclic amines) is 1. The number of ether oxygens (including phenoxy) is 1. The highest BCUT2D eigenvalue weighted by atomic mass is 16.5. The fourth-order valence-electron chi connectivity index (χ4n) is 2.81. The number of amides is 1. The standard InChI is InChI=1S/C18H22N4O2/c1-14-5-2-3-6-16(14)24-13-18(23)22-11-8-15(9-12-22)20-17-7-4-10-19-21-17/h2-7,10,15H,8-9,11-13H2,1H3,(H,20,21). The Morgan fingerprint density at radius 1 is 1.25 bits per heavy atom. The SMILES string of the molecule is Cc1ccccc1OCC(=O)N1CCC(Nc2cccnn2)CC1. The molecule has 0 radical (unpaired) electrons. The molecule has 0 saturated carbocycles. The van der Waals surface area contributed by atoms with Crippen LogP contribution in [0, 0.1) is 6.92 Å². The van der Waals surface area contributed by atoms with Gasteiger partial charge < -0.3 is 15.0 Å². The second-order valence-corrected chi connectivity index (χ2v) is 5.96. The van der Waals surface area contributed by atoms with Gasteiger partial charge in [-0.1, -0.05) is 18.2 Å². The Morgan fingerprint density at radius 3 is 2.75 bits per heavy atom. The van der Waals surface area contributed by atoms with Crippen molar-refractivity contribution < 1.29 is 9.53 Å². The van der Waals surface area contributed by atoms with Crippen LogP contribution in [-0.2, 0) is 4.79 Å². The number of para-hydroxylation sites is 1. The van der Waals surface area contributed by atoms with Crippen molar-refractivity contribution in [3.05, 3.63) is 48.2 Å². The molecule has 0 spiro atoms. The molecule has 6 heteroatoms. The minimum atomic E-state index is 0.0382. The predicted octanol–water partition coefficient (Wildman–Crippen LogP) is 2.27. The number of hydrogen-bond donors (Lipinski definition) is 1. The van der Waals surface area contributed by atoms with Crippen LogP contribution >= 0.6 is 0 Å². The first-order valence-corrected chi connectivity index (χ1v) is 8.23. The zero-order chi connectivity index (χ0) is 16.8. The van der Waals surface area contributed by atoms with Crippen molar-refractivity contribution in [1.29, 1.82) is 0 Å². The zero-order valence-electron chi connectivity index (χ0n) is 13.8. The molecule has 0 atom stereocenters. The molecule has 0 bridgehead atoms. The molecule has 2 heterocycles. The minimum absolute atomic E-state index is 0.0382. The molecule has 1 saturated heterocycles. The van der Waals surface area contributed by atoms with Crippen LogP contribution in [0.4, 0.5) is 5.82 Å². The Hall–Kier alpha value is -2.63. The van der Waals surface area contributed by atoms with E-state index in [1.807, 2.05) is 48.2 Å². The highest BCUT2D eigenvalue weighted by Gasteiger charge is 2.23. The van der Waals surface area contributed by atoms with E-state index in [0.717, 1.165) is 43.1 Å². The number of carbonyl (C=O) groups excluding carboxylic acids is 1. The van der Waals surface area contributed by atoms with Crippen molar-refractivity contribution in [2.75, 3.05) is 25.0 Å². The molecular weight excluding hydrogens is 304 g/mol. The van der Waals surface area contributed by atoms with Crippen LogP contribution in [0.3, 0.4) is 0 Å². The molecule has 2 aromatic rings. The van der Waals surface area contributed by atoms with Gasteiger partial charge in [0.15, 0.2) is 6.61 Å². The normalized spacial score (nSPS) is 15.1. The van der Waals surface area contributed by atoms with E-state index < -0.39 is 0 Å². The van der Waals surface area contributed by atoms with Crippen LogP contribution in [0.5, 0.6) is 5.75 Å². The predicted molar refractivity (Wildman–Crippen MR) is 91.9 cm³/mol. The van der Waals surface area contributed by atoms with Gasteiger partial charge in [-0.25, -0.2) is 0 Å². The molecular formula is C18H22N4O2. The third-order valence-corrected chi connectivity index (χ3v) is 4.22. The summed E-state index contributed by atoms with van der Waals surface area (Å²) in [4.78, 5) is 14.2. The maximum atomic E-state index is 12.3. The summed E-state index contributed by atoms with van der Waals surface area (Å²) in [6.45, 7) is 3.53. The van der Waals surface area contributed by atoms with Crippen LogP contribution in [0.25, 0.3) is 0 Å². The van der Waals surface area contributed by atoms with Gasteiger partial charge in [-0.2, -0.15) is 5.10 Å². The van der Waals surface area contributed by atoms with Gasteiger partial charge in [-0.3, -0.25) is 4.79 Å². The molecule has 1 fully saturated rings. The Morgan fingerprint density at radius 2 is 2.04 bits per heavy atom.